The van der Waals surface area contributed by atoms with E-state index in [4.69, 9.17) is 0 Å². The summed E-state index contributed by atoms with van der Waals surface area (Å²) in [7, 11) is 0. The Morgan fingerprint density at radius 3 is 2.52 bits per heavy atom. The van der Waals surface area contributed by atoms with E-state index < -0.39 is 5.82 Å². The van der Waals surface area contributed by atoms with Crippen molar-refractivity contribution in [3.63, 3.8) is 0 Å². The van der Waals surface area contributed by atoms with Crippen LogP contribution in [0.4, 0.5) is 15.9 Å². The number of aromatic nitrogens is 1. The summed E-state index contributed by atoms with van der Waals surface area (Å²) in [6.07, 6.45) is 6.59. The molecule has 4 nitrogen and oxygen atoms in total. The van der Waals surface area contributed by atoms with E-state index in [0.717, 1.165) is 18.9 Å². The summed E-state index contributed by atoms with van der Waals surface area (Å²) in [4.78, 5) is 18.8. The first kappa shape index (κ1) is 15.5. The first-order valence-electron chi connectivity index (χ1n) is 8.00. The molecule has 1 amide bonds. The summed E-state index contributed by atoms with van der Waals surface area (Å²) in [5.41, 5.74) is 0.902. The normalized spacial score (nSPS) is 15.1. The highest BCUT2D eigenvalue weighted by atomic mass is 19.1. The van der Waals surface area contributed by atoms with Crippen LogP contribution in [0, 0.1) is 5.82 Å². The molecule has 2 heterocycles. The van der Waals surface area contributed by atoms with Crippen LogP contribution in [0.3, 0.4) is 0 Å². The highest BCUT2D eigenvalue weighted by Gasteiger charge is 2.12. The maximum atomic E-state index is 13.2. The van der Waals surface area contributed by atoms with Crippen LogP contribution in [-0.4, -0.2) is 24.0 Å². The van der Waals surface area contributed by atoms with Crippen molar-refractivity contribution in [1.29, 1.82) is 0 Å². The predicted molar refractivity (Wildman–Crippen MR) is 89.3 cm³/mol. The quantitative estimate of drug-likeness (QED) is 0.936. The summed E-state index contributed by atoms with van der Waals surface area (Å²) in [6, 6.07) is 9.39. The zero-order valence-corrected chi connectivity index (χ0v) is 13.0. The van der Waals surface area contributed by atoms with Gasteiger partial charge in [-0.25, -0.2) is 9.37 Å². The van der Waals surface area contributed by atoms with E-state index in [9.17, 15) is 9.18 Å². The minimum absolute atomic E-state index is 0.293. The molecule has 0 spiro atoms. The molecule has 0 aliphatic carbocycles. The smallest absolute Gasteiger partial charge is 0.255 e. The number of carbonyl (C=O) groups excluding carboxylic acids is 1. The van der Waals surface area contributed by atoms with Gasteiger partial charge in [-0.2, -0.15) is 0 Å². The maximum absolute atomic E-state index is 13.2. The number of nitrogens with zero attached hydrogens (tertiary/aromatic N) is 2. The standard InChI is InChI=1S/C18H20FN3O/c19-15-7-5-6-14(12-15)18(23)21-16-8-9-17(20-13-16)22-10-3-1-2-4-11-22/h5-9,12-13H,1-4,10-11H2,(H,21,23). The van der Waals surface area contributed by atoms with Crippen LogP contribution in [0.15, 0.2) is 42.6 Å². The second-order valence-electron chi connectivity index (χ2n) is 5.77. The lowest BCUT2D eigenvalue weighted by atomic mass is 10.2. The molecule has 120 valence electrons. The van der Waals surface area contributed by atoms with Crippen LogP contribution < -0.4 is 10.2 Å². The third-order valence-corrected chi connectivity index (χ3v) is 4.02. The number of anilines is 2. The molecule has 1 N–H and O–H groups in total. The van der Waals surface area contributed by atoms with Gasteiger partial charge in [-0.3, -0.25) is 4.79 Å². The molecule has 1 aromatic heterocycles. The molecule has 23 heavy (non-hydrogen) atoms. The van der Waals surface area contributed by atoms with Crippen molar-refractivity contribution in [2.45, 2.75) is 25.7 Å². The van der Waals surface area contributed by atoms with Crippen molar-refractivity contribution in [1.82, 2.24) is 4.98 Å². The molecular formula is C18H20FN3O. The minimum atomic E-state index is -0.424. The van der Waals surface area contributed by atoms with Crippen LogP contribution in [-0.2, 0) is 0 Å². The van der Waals surface area contributed by atoms with Gasteiger partial charge in [0, 0.05) is 18.7 Å². The Labute approximate surface area is 135 Å². The maximum Gasteiger partial charge on any atom is 0.255 e. The van der Waals surface area contributed by atoms with Gasteiger partial charge in [-0.15, -0.1) is 0 Å². The first-order valence-corrected chi connectivity index (χ1v) is 8.00. The summed E-state index contributed by atoms with van der Waals surface area (Å²) in [5.74, 6) is 0.178. The third kappa shape index (κ3) is 4.06. The Morgan fingerprint density at radius 1 is 1.09 bits per heavy atom. The van der Waals surface area contributed by atoms with Crippen LogP contribution >= 0.6 is 0 Å². The van der Waals surface area contributed by atoms with E-state index in [0.29, 0.717) is 11.3 Å². The number of amides is 1. The molecule has 2 aromatic rings. The van der Waals surface area contributed by atoms with Crippen LogP contribution in [0.25, 0.3) is 0 Å². The fourth-order valence-electron chi connectivity index (χ4n) is 2.78. The highest BCUT2D eigenvalue weighted by molar-refractivity contribution is 6.04. The van der Waals surface area contributed by atoms with Crippen molar-refractivity contribution in [2.75, 3.05) is 23.3 Å². The number of benzene rings is 1. The second kappa shape index (κ2) is 7.22. The predicted octanol–water partition coefficient (Wildman–Crippen LogP) is 3.85. The van der Waals surface area contributed by atoms with Gasteiger partial charge < -0.3 is 10.2 Å². The molecule has 3 rings (SSSR count). The van der Waals surface area contributed by atoms with Gasteiger partial charge in [0.1, 0.15) is 11.6 Å². The van der Waals surface area contributed by atoms with E-state index >= 15 is 0 Å². The summed E-state index contributed by atoms with van der Waals surface area (Å²) >= 11 is 0. The van der Waals surface area contributed by atoms with Crippen molar-refractivity contribution < 1.29 is 9.18 Å². The molecule has 5 heteroatoms. The third-order valence-electron chi connectivity index (χ3n) is 4.02. The Hall–Kier alpha value is -2.43. The zero-order chi connectivity index (χ0) is 16.1. The lowest BCUT2D eigenvalue weighted by molar-refractivity contribution is 0.102. The van der Waals surface area contributed by atoms with E-state index in [2.05, 4.69) is 15.2 Å². The fraction of sp³-hybridized carbons (Fsp3) is 0.333. The van der Waals surface area contributed by atoms with Crippen LogP contribution in [0.1, 0.15) is 36.0 Å². The average molecular weight is 313 g/mol. The Morgan fingerprint density at radius 2 is 1.87 bits per heavy atom. The molecule has 0 atom stereocenters. The summed E-state index contributed by atoms with van der Waals surface area (Å²) < 4.78 is 13.2. The number of halogens is 1. The monoisotopic (exact) mass is 313 g/mol. The number of rotatable bonds is 3. The van der Waals surface area contributed by atoms with Gasteiger partial charge in [0.2, 0.25) is 0 Å². The van der Waals surface area contributed by atoms with Crippen molar-refractivity contribution in [3.8, 4) is 0 Å². The first-order chi connectivity index (χ1) is 11.2. The van der Waals surface area contributed by atoms with Gasteiger partial charge in [-0.1, -0.05) is 18.9 Å². The molecule has 1 aliphatic rings. The molecule has 1 aromatic carbocycles. The minimum Gasteiger partial charge on any atom is -0.357 e. The van der Waals surface area contributed by atoms with Crippen molar-refractivity contribution >= 4 is 17.4 Å². The fourth-order valence-corrected chi connectivity index (χ4v) is 2.78. The highest BCUT2D eigenvalue weighted by Crippen LogP contribution is 2.19. The molecular weight excluding hydrogens is 293 g/mol. The number of hydrogen-bond donors (Lipinski definition) is 1. The van der Waals surface area contributed by atoms with E-state index in [1.807, 2.05) is 12.1 Å². The van der Waals surface area contributed by atoms with Crippen molar-refractivity contribution in [2.24, 2.45) is 0 Å². The molecule has 0 saturated carbocycles. The SMILES string of the molecule is O=C(Nc1ccc(N2CCCCCC2)nc1)c1cccc(F)c1. The second-order valence-corrected chi connectivity index (χ2v) is 5.77. The summed E-state index contributed by atoms with van der Waals surface area (Å²) in [6.45, 7) is 2.06. The van der Waals surface area contributed by atoms with Gasteiger partial charge in [-0.05, 0) is 43.2 Å². The average Bonchev–Trinajstić information content (AvgIpc) is 2.85. The number of hydrogen-bond acceptors (Lipinski definition) is 3. The Kier molecular flexibility index (Phi) is 4.86. The van der Waals surface area contributed by atoms with Gasteiger partial charge in [0.25, 0.3) is 5.91 Å². The van der Waals surface area contributed by atoms with E-state index in [1.54, 1.807) is 12.3 Å². The molecule has 1 fully saturated rings. The van der Waals surface area contributed by atoms with Crippen molar-refractivity contribution in [3.05, 3.63) is 54.0 Å². The molecule has 1 saturated heterocycles. The number of carbonyl (C=O) groups is 1. The van der Waals surface area contributed by atoms with Gasteiger partial charge in [0.05, 0.1) is 11.9 Å². The molecule has 0 unspecified atom stereocenters. The molecule has 1 aliphatic heterocycles. The lowest BCUT2D eigenvalue weighted by Gasteiger charge is -2.21. The summed E-state index contributed by atoms with van der Waals surface area (Å²) in [5, 5.41) is 2.74. The van der Waals surface area contributed by atoms with Gasteiger partial charge in [0.15, 0.2) is 0 Å². The van der Waals surface area contributed by atoms with Crippen LogP contribution in [0.5, 0.6) is 0 Å². The zero-order valence-electron chi connectivity index (χ0n) is 13.0. The number of pyridine rings is 1. The molecule has 0 radical (unpaired) electrons. The van der Waals surface area contributed by atoms with E-state index in [-0.39, 0.29) is 5.91 Å². The topological polar surface area (TPSA) is 45.2 Å². The number of nitrogens with one attached hydrogen (secondary N) is 1. The van der Waals surface area contributed by atoms with Gasteiger partial charge >= 0.3 is 0 Å². The molecule has 0 bridgehead atoms. The Bertz CT molecular complexity index is 664. The van der Waals surface area contributed by atoms with Crippen LogP contribution in [0.2, 0.25) is 0 Å². The Balaban J connectivity index is 1.66. The largest absolute Gasteiger partial charge is 0.357 e. The van der Waals surface area contributed by atoms with E-state index in [1.165, 1.54) is 43.9 Å². The lowest BCUT2D eigenvalue weighted by Crippen LogP contribution is -2.24.